The second-order valence-electron chi connectivity index (χ2n) is 3.97. The molecular formula is C11H11F3N6O. The Labute approximate surface area is 117 Å². The van der Waals surface area contributed by atoms with E-state index in [4.69, 9.17) is 5.73 Å². The van der Waals surface area contributed by atoms with Crippen LogP contribution in [0.2, 0.25) is 0 Å². The van der Waals surface area contributed by atoms with Crippen LogP contribution in [-0.4, -0.2) is 32.2 Å². The van der Waals surface area contributed by atoms with Crippen molar-refractivity contribution < 1.29 is 18.0 Å². The highest BCUT2D eigenvalue weighted by Crippen LogP contribution is 2.29. The molecule has 2 aromatic heterocycles. The summed E-state index contributed by atoms with van der Waals surface area (Å²) in [7, 11) is 0. The monoisotopic (exact) mass is 300 g/mol. The molecule has 112 valence electrons. The van der Waals surface area contributed by atoms with Gasteiger partial charge in [0.2, 0.25) is 5.95 Å². The van der Waals surface area contributed by atoms with Gasteiger partial charge in [0.1, 0.15) is 5.69 Å². The Morgan fingerprint density at radius 3 is 2.67 bits per heavy atom. The Balaban J connectivity index is 2.50. The lowest BCUT2D eigenvalue weighted by atomic mass is 10.4. The molecule has 0 saturated carbocycles. The van der Waals surface area contributed by atoms with Crippen LogP contribution in [0.4, 0.5) is 19.1 Å². The third-order valence-electron chi connectivity index (χ3n) is 2.41. The number of carbonyl (C=O) groups excluding carboxylic acids is 1. The molecule has 0 atom stereocenters. The van der Waals surface area contributed by atoms with Gasteiger partial charge in [0.15, 0.2) is 11.5 Å². The topological polar surface area (TPSA) is 98.7 Å². The van der Waals surface area contributed by atoms with Crippen molar-refractivity contribution in [1.29, 1.82) is 0 Å². The average Bonchev–Trinajstić information content (AvgIpc) is 2.87. The van der Waals surface area contributed by atoms with Crippen LogP contribution in [0.25, 0.3) is 5.82 Å². The minimum absolute atomic E-state index is 0.0767. The van der Waals surface area contributed by atoms with Crippen LogP contribution in [-0.2, 0) is 6.18 Å². The number of anilines is 1. The number of alkyl halides is 3. The van der Waals surface area contributed by atoms with Crippen molar-refractivity contribution in [2.45, 2.75) is 13.1 Å². The van der Waals surface area contributed by atoms with Gasteiger partial charge in [0.05, 0.1) is 0 Å². The van der Waals surface area contributed by atoms with Crippen LogP contribution in [0.1, 0.15) is 23.1 Å². The number of rotatable bonds is 4. The number of nitrogens with one attached hydrogen (secondary N) is 1. The molecule has 0 aliphatic carbocycles. The molecule has 7 nitrogen and oxygen atoms in total. The van der Waals surface area contributed by atoms with Crippen LogP contribution < -0.4 is 11.1 Å². The van der Waals surface area contributed by atoms with Crippen LogP contribution >= 0.6 is 0 Å². The van der Waals surface area contributed by atoms with E-state index >= 15 is 0 Å². The normalized spacial score (nSPS) is 11.4. The van der Waals surface area contributed by atoms with Crippen molar-refractivity contribution in [3.05, 3.63) is 29.7 Å². The molecule has 21 heavy (non-hydrogen) atoms. The molecule has 0 radical (unpaired) electrons. The molecule has 0 aromatic carbocycles. The van der Waals surface area contributed by atoms with E-state index in [9.17, 15) is 18.0 Å². The van der Waals surface area contributed by atoms with E-state index in [-0.39, 0.29) is 17.5 Å². The summed E-state index contributed by atoms with van der Waals surface area (Å²) < 4.78 is 39.5. The van der Waals surface area contributed by atoms with E-state index < -0.39 is 17.8 Å². The summed E-state index contributed by atoms with van der Waals surface area (Å²) in [5.41, 5.74) is 3.85. The first kappa shape index (κ1) is 14.8. The van der Waals surface area contributed by atoms with Crippen molar-refractivity contribution in [2.24, 2.45) is 5.73 Å². The fourth-order valence-electron chi connectivity index (χ4n) is 1.52. The molecule has 2 aromatic rings. The van der Waals surface area contributed by atoms with Gasteiger partial charge in [-0.2, -0.15) is 23.3 Å². The first-order valence-electron chi connectivity index (χ1n) is 5.87. The molecular weight excluding hydrogens is 289 g/mol. The molecule has 0 unspecified atom stereocenters. The van der Waals surface area contributed by atoms with Crippen molar-refractivity contribution in [2.75, 3.05) is 11.9 Å². The van der Waals surface area contributed by atoms with Crippen LogP contribution in [0.15, 0.2) is 18.3 Å². The number of primary amides is 1. The molecule has 2 heterocycles. The van der Waals surface area contributed by atoms with Gasteiger partial charge < -0.3 is 11.1 Å². The van der Waals surface area contributed by atoms with E-state index in [0.717, 1.165) is 10.7 Å². The number of nitrogens with two attached hydrogens (primary N) is 1. The number of hydrogen-bond acceptors (Lipinski definition) is 5. The lowest BCUT2D eigenvalue weighted by Crippen LogP contribution is -2.15. The lowest BCUT2D eigenvalue weighted by molar-refractivity contribution is -0.141. The highest BCUT2D eigenvalue weighted by Gasteiger charge is 2.34. The average molecular weight is 300 g/mol. The van der Waals surface area contributed by atoms with E-state index in [0.29, 0.717) is 6.54 Å². The quantitative estimate of drug-likeness (QED) is 0.884. The van der Waals surface area contributed by atoms with E-state index in [1.165, 1.54) is 12.3 Å². The number of amides is 1. The number of hydrogen-bond donors (Lipinski definition) is 2. The molecule has 0 fully saturated rings. The molecule has 0 bridgehead atoms. The van der Waals surface area contributed by atoms with Gasteiger partial charge in [0.25, 0.3) is 5.91 Å². The third kappa shape index (κ3) is 3.27. The van der Waals surface area contributed by atoms with Gasteiger partial charge in [-0.1, -0.05) is 0 Å². The Kier molecular flexibility index (Phi) is 3.78. The van der Waals surface area contributed by atoms with Gasteiger partial charge in [-0.3, -0.25) is 4.79 Å². The van der Waals surface area contributed by atoms with Gasteiger partial charge in [-0.05, 0) is 13.0 Å². The maximum atomic E-state index is 12.8. The summed E-state index contributed by atoms with van der Waals surface area (Å²) in [4.78, 5) is 18.3. The maximum Gasteiger partial charge on any atom is 0.433 e. The molecule has 0 saturated heterocycles. The fourth-order valence-corrected chi connectivity index (χ4v) is 1.52. The van der Waals surface area contributed by atoms with Crippen molar-refractivity contribution in [3.63, 3.8) is 0 Å². The standard InChI is InChI=1S/C11H11F3N6O/c1-2-16-10-17-7(11(12,13)14)5-8(18-10)20-4-3-6(19-20)9(15)21/h3-5H,2H2,1H3,(H2,15,21)(H,16,17,18). The molecule has 10 heteroatoms. The summed E-state index contributed by atoms with van der Waals surface area (Å²) in [6, 6.07) is 2.02. The number of halogens is 3. The Morgan fingerprint density at radius 1 is 1.43 bits per heavy atom. The minimum atomic E-state index is -4.62. The first-order chi connectivity index (χ1) is 9.81. The van der Waals surface area contributed by atoms with E-state index in [1.54, 1.807) is 6.92 Å². The molecule has 2 rings (SSSR count). The zero-order valence-corrected chi connectivity index (χ0v) is 10.8. The Morgan fingerprint density at radius 2 is 2.14 bits per heavy atom. The summed E-state index contributed by atoms with van der Waals surface area (Å²) in [6.45, 7) is 2.05. The lowest BCUT2D eigenvalue weighted by Gasteiger charge is -2.10. The highest BCUT2D eigenvalue weighted by atomic mass is 19.4. The summed E-state index contributed by atoms with van der Waals surface area (Å²) in [6.07, 6.45) is -3.33. The number of carbonyl (C=O) groups is 1. The third-order valence-corrected chi connectivity index (χ3v) is 2.41. The zero-order chi connectivity index (χ0) is 15.6. The van der Waals surface area contributed by atoms with Crippen LogP contribution in [0.3, 0.4) is 0 Å². The second-order valence-corrected chi connectivity index (χ2v) is 3.97. The number of aromatic nitrogens is 4. The fraction of sp³-hybridized carbons (Fsp3) is 0.273. The van der Waals surface area contributed by atoms with Crippen molar-refractivity contribution in [1.82, 2.24) is 19.7 Å². The minimum Gasteiger partial charge on any atom is -0.364 e. The van der Waals surface area contributed by atoms with Crippen LogP contribution in [0, 0.1) is 0 Å². The molecule has 0 aliphatic heterocycles. The summed E-state index contributed by atoms with van der Waals surface area (Å²) in [5.74, 6) is -1.09. The largest absolute Gasteiger partial charge is 0.433 e. The molecule has 3 N–H and O–H groups in total. The SMILES string of the molecule is CCNc1nc(-n2ccc(C(N)=O)n2)cc(C(F)(F)F)n1. The van der Waals surface area contributed by atoms with Gasteiger partial charge in [-0.25, -0.2) is 9.67 Å². The zero-order valence-electron chi connectivity index (χ0n) is 10.8. The second kappa shape index (κ2) is 5.38. The molecule has 0 aliphatic rings. The van der Waals surface area contributed by atoms with Crippen molar-refractivity contribution in [3.8, 4) is 5.82 Å². The molecule has 1 amide bonds. The predicted octanol–water partition coefficient (Wildman–Crippen LogP) is 1.21. The van der Waals surface area contributed by atoms with Crippen molar-refractivity contribution >= 4 is 11.9 Å². The van der Waals surface area contributed by atoms with E-state index in [1.807, 2.05) is 0 Å². The smallest absolute Gasteiger partial charge is 0.364 e. The highest BCUT2D eigenvalue weighted by molar-refractivity contribution is 5.90. The van der Waals surface area contributed by atoms with E-state index in [2.05, 4.69) is 20.4 Å². The Hall–Kier alpha value is -2.65. The summed E-state index contributed by atoms with van der Waals surface area (Å²) in [5, 5.41) is 6.37. The van der Waals surface area contributed by atoms with Gasteiger partial charge >= 0.3 is 6.18 Å². The predicted molar refractivity (Wildman–Crippen MR) is 66.8 cm³/mol. The number of nitrogens with zero attached hydrogens (tertiary/aromatic N) is 4. The first-order valence-corrected chi connectivity index (χ1v) is 5.87. The molecule has 0 spiro atoms. The van der Waals surface area contributed by atoms with Crippen LogP contribution in [0.5, 0.6) is 0 Å². The Bertz CT molecular complexity index is 666. The summed E-state index contributed by atoms with van der Waals surface area (Å²) >= 11 is 0. The van der Waals surface area contributed by atoms with Gasteiger partial charge in [-0.15, -0.1) is 0 Å². The maximum absolute atomic E-state index is 12.8. The van der Waals surface area contributed by atoms with Gasteiger partial charge in [0, 0.05) is 18.8 Å².